The Hall–Kier alpha value is -1.11. The van der Waals surface area contributed by atoms with Crippen LogP contribution in [0.25, 0.3) is 0 Å². The van der Waals surface area contributed by atoms with Crippen LogP contribution in [-0.2, 0) is 10.2 Å². The van der Waals surface area contributed by atoms with Crippen LogP contribution < -0.4 is 0 Å². The highest BCUT2D eigenvalue weighted by molar-refractivity contribution is 5.86. The molecule has 1 nitrogen and oxygen atoms in total. The third-order valence-corrected chi connectivity index (χ3v) is 3.27. The zero-order valence-corrected chi connectivity index (χ0v) is 11.9. The Labute approximate surface area is 105 Å². The van der Waals surface area contributed by atoms with Gasteiger partial charge in [-0.3, -0.25) is 4.79 Å². The number of Topliss-reactive ketones (excluding diaryl/α,β-unsaturated/α-hetero) is 1. The van der Waals surface area contributed by atoms with Crippen molar-refractivity contribution < 1.29 is 4.79 Å². The molecule has 0 saturated heterocycles. The summed E-state index contributed by atoms with van der Waals surface area (Å²) in [5, 5.41) is 0. The molecule has 0 aromatic heterocycles. The molecule has 0 spiro atoms. The van der Waals surface area contributed by atoms with E-state index in [-0.39, 0.29) is 17.3 Å². The number of hydrogen-bond acceptors (Lipinski definition) is 1. The average molecular weight is 232 g/mol. The Kier molecular flexibility index (Phi) is 4.13. The van der Waals surface area contributed by atoms with Gasteiger partial charge in [-0.2, -0.15) is 0 Å². The fraction of sp³-hybridized carbons (Fsp3) is 0.562. The molecule has 1 unspecified atom stereocenters. The molecule has 0 heterocycles. The quantitative estimate of drug-likeness (QED) is 0.759. The molecule has 0 radical (unpaired) electrons. The lowest BCUT2D eigenvalue weighted by Gasteiger charge is -2.20. The van der Waals surface area contributed by atoms with Crippen molar-refractivity contribution in [2.75, 3.05) is 0 Å². The van der Waals surface area contributed by atoms with Crippen LogP contribution in [0.4, 0.5) is 0 Å². The van der Waals surface area contributed by atoms with E-state index in [2.05, 4.69) is 45.0 Å². The minimum Gasteiger partial charge on any atom is -0.299 e. The Balaban J connectivity index is 2.92. The molecular weight excluding hydrogens is 208 g/mol. The lowest BCUT2D eigenvalue weighted by atomic mass is 9.84. The molecule has 17 heavy (non-hydrogen) atoms. The maximum absolute atomic E-state index is 11.9. The first-order valence-corrected chi connectivity index (χ1v) is 6.37. The summed E-state index contributed by atoms with van der Waals surface area (Å²) in [7, 11) is 0. The van der Waals surface area contributed by atoms with Gasteiger partial charge in [0.1, 0.15) is 5.78 Å². The Morgan fingerprint density at radius 2 is 1.47 bits per heavy atom. The number of ketones is 1. The summed E-state index contributed by atoms with van der Waals surface area (Å²) in [6.07, 6.45) is 0. The highest BCUT2D eigenvalue weighted by atomic mass is 16.1. The molecule has 0 aliphatic carbocycles. The van der Waals surface area contributed by atoms with Crippen LogP contribution in [0.3, 0.4) is 0 Å². The molecule has 0 bridgehead atoms. The minimum atomic E-state index is 0.00372. The number of rotatable bonds is 3. The van der Waals surface area contributed by atoms with E-state index in [1.165, 1.54) is 5.56 Å². The van der Waals surface area contributed by atoms with E-state index in [1.807, 2.05) is 20.8 Å². The van der Waals surface area contributed by atoms with Crippen molar-refractivity contribution in [1.29, 1.82) is 0 Å². The fourth-order valence-electron chi connectivity index (χ4n) is 1.94. The van der Waals surface area contributed by atoms with Crippen LogP contribution in [0, 0.1) is 5.92 Å². The van der Waals surface area contributed by atoms with Gasteiger partial charge in [0.2, 0.25) is 0 Å². The SMILES string of the molecule is CC(C)C(=O)C(C)c1ccc(C(C)(C)C)cc1. The number of carbonyl (C=O) groups excluding carboxylic acids is 1. The molecule has 0 saturated carbocycles. The second-order valence-electron chi connectivity index (χ2n) is 6.15. The van der Waals surface area contributed by atoms with E-state index in [9.17, 15) is 4.79 Å². The van der Waals surface area contributed by atoms with Gasteiger partial charge >= 0.3 is 0 Å². The summed E-state index contributed by atoms with van der Waals surface area (Å²) in [5.41, 5.74) is 2.60. The summed E-state index contributed by atoms with van der Waals surface area (Å²) in [6.45, 7) is 12.5. The van der Waals surface area contributed by atoms with E-state index in [4.69, 9.17) is 0 Å². The monoisotopic (exact) mass is 232 g/mol. The normalized spacial score (nSPS) is 13.8. The lowest BCUT2D eigenvalue weighted by Crippen LogP contribution is -2.16. The molecule has 1 rings (SSSR count). The fourth-order valence-corrected chi connectivity index (χ4v) is 1.94. The molecule has 0 aliphatic rings. The molecular formula is C16H24O. The smallest absolute Gasteiger partial charge is 0.142 e. The van der Waals surface area contributed by atoms with Crippen molar-refractivity contribution in [3.05, 3.63) is 35.4 Å². The molecule has 1 aromatic carbocycles. The molecule has 0 N–H and O–H groups in total. The maximum atomic E-state index is 11.9. The van der Waals surface area contributed by atoms with Crippen LogP contribution >= 0.6 is 0 Å². The highest BCUT2D eigenvalue weighted by Gasteiger charge is 2.19. The molecule has 0 amide bonds. The van der Waals surface area contributed by atoms with Gasteiger partial charge in [0.25, 0.3) is 0 Å². The zero-order chi connectivity index (χ0) is 13.2. The van der Waals surface area contributed by atoms with Gasteiger partial charge in [0.05, 0.1) is 0 Å². The summed E-state index contributed by atoms with van der Waals surface area (Å²) in [6, 6.07) is 8.45. The molecule has 0 aliphatic heterocycles. The predicted molar refractivity (Wildman–Crippen MR) is 73.4 cm³/mol. The molecule has 94 valence electrons. The number of carbonyl (C=O) groups is 1. The third-order valence-electron chi connectivity index (χ3n) is 3.27. The van der Waals surface area contributed by atoms with Crippen LogP contribution in [-0.4, -0.2) is 5.78 Å². The van der Waals surface area contributed by atoms with Crippen LogP contribution in [0.2, 0.25) is 0 Å². The van der Waals surface area contributed by atoms with Crippen molar-refractivity contribution in [3.8, 4) is 0 Å². The molecule has 1 atom stereocenters. The summed E-state index contributed by atoms with van der Waals surface area (Å²) in [4.78, 5) is 11.9. The van der Waals surface area contributed by atoms with Gasteiger partial charge in [0, 0.05) is 11.8 Å². The van der Waals surface area contributed by atoms with Crippen molar-refractivity contribution >= 4 is 5.78 Å². The maximum Gasteiger partial charge on any atom is 0.142 e. The lowest BCUT2D eigenvalue weighted by molar-refractivity contribution is -0.123. The minimum absolute atomic E-state index is 0.00372. The van der Waals surface area contributed by atoms with E-state index in [0.29, 0.717) is 5.78 Å². The van der Waals surface area contributed by atoms with Gasteiger partial charge in [-0.05, 0) is 16.5 Å². The zero-order valence-electron chi connectivity index (χ0n) is 11.9. The van der Waals surface area contributed by atoms with E-state index < -0.39 is 0 Å². The van der Waals surface area contributed by atoms with Gasteiger partial charge in [-0.25, -0.2) is 0 Å². The third kappa shape index (κ3) is 3.42. The largest absolute Gasteiger partial charge is 0.299 e. The average Bonchev–Trinajstić information content (AvgIpc) is 2.26. The van der Waals surface area contributed by atoms with Crippen molar-refractivity contribution in [3.63, 3.8) is 0 Å². The van der Waals surface area contributed by atoms with E-state index >= 15 is 0 Å². The summed E-state index contributed by atoms with van der Waals surface area (Å²) < 4.78 is 0. The highest BCUT2D eigenvalue weighted by Crippen LogP contribution is 2.25. The van der Waals surface area contributed by atoms with Crippen LogP contribution in [0.1, 0.15) is 58.6 Å². The van der Waals surface area contributed by atoms with Crippen molar-refractivity contribution in [2.24, 2.45) is 5.92 Å². The van der Waals surface area contributed by atoms with Crippen LogP contribution in [0.5, 0.6) is 0 Å². The molecule has 1 heteroatoms. The van der Waals surface area contributed by atoms with E-state index in [0.717, 1.165) is 5.56 Å². The summed E-state index contributed by atoms with van der Waals surface area (Å²) >= 11 is 0. The van der Waals surface area contributed by atoms with Crippen molar-refractivity contribution in [2.45, 2.75) is 52.9 Å². The first kappa shape index (κ1) is 14.0. The van der Waals surface area contributed by atoms with E-state index in [1.54, 1.807) is 0 Å². The second kappa shape index (κ2) is 5.03. The first-order valence-electron chi connectivity index (χ1n) is 6.37. The summed E-state index contributed by atoms with van der Waals surface area (Å²) in [5.74, 6) is 0.421. The number of hydrogen-bond donors (Lipinski definition) is 0. The second-order valence-corrected chi connectivity index (χ2v) is 6.15. The topological polar surface area (TPSA) is 17.1 Å². The first-order chi connectivity index (χ1) is 7.73. The van der Waals surface area contributed by atoms with Gasteiger partial charge in [-0.1, -0.05) is 65.8 Å². The van der Waals surface area contributed by atoms with Gasteiger partial charge in [0.15, 0.2) is 0 Å². The number of benzene rings is 1. The van der Waals surface area contributed by atoms with Crippen LogP contribution in [0.15, 0.2) is 24.3 Å². The van der Waals surface area contributed by atoms with Gasteiger partial charge in [-0.15, -0.1) is 0 Å². The molecule has 1 aromatic rings. The Morgan fingerprint density at radius 1 is 1.00 bits per heavy atom. The Morgan fingerprint density at radius 3 is 1.82 bits per heavy atom. The van der Waals surface area contributed by atoms with Gasteiger partial charge < -0.3 is 0 Å². The van der Waals surface area contributed by atoms with Crippen molar-refractivity contribution in [1.82, 2.24) is 0 Å². The predicted octanol–water partition coefficient (Wildman–Crippen LogP) is 4.31. The Bertz CT molecular complexity index is 379. The standard InChI is InChI=1S/C16H24O/c1-11(2)15(17)12(3)13-7-9-14(10-8-13)16(4,5)6/h7-12H,1-6H3. The molecule has 0 fully saturated rings.